The van der Waals surface area contributed by atoms with Gasteiger partial charge in [-0.1, -0.05) is 72.8 Å². The number of unbranched alkanes of at least 4 members (excludes halogenated alkanes) is 1. The van der Waals surface area contributed by atoms with E-state index in [0.29, 0.717) is 13.0 Å². The molecule has 4 rings (SSSR count). The Bertz CT molecular complexity index is 964. The predicted octanol–water partition coefficient (Wildman–Crippen LogP) is 5.09. The second-order valence-electron chi connectivity index (χ2n) is 8.89. The van der Waals surface area contributed by atoms with Crippen LogP contribution in [0.2, 0.25) is 0 Å². The molecule has 1 aliphatic rings. The van der Waals surface area contributed by atoms with Crippen LogP contribution in [-0.4, -0.2) is 34.7 Å². The molecule has 0 aliphatic carbocycles. The lowest BCUT2D eigenvalue weighted by Gasteiger charge is -2.47. The fourth-order valence-corrected chi connectivity index (χ4v) is 4.88. The highest BCUT2D eigenvalue weighted by Crippen LogP contribution is 2.43. The lowest BCUT2D eigenvalue weighted by atomic mass is 9.72. The van der Waals surface area contributed by atoms with E-state index < -0.39 is 11.7 Å². The third kappa shape index (κ3) is 5.26. The topological polar surface area (TPSA) is 43.7 Å². The van der Waals surface area contributed by atoms with E-state index in [1.807, 2.05) is 72.8 Å². The smallest absolute Gasteiger partial charge is 0.123 e. The molecule has 3 nitrogen and oxygen atoms in total. The van der Waals surface area contributed by atoms with Crippen molar-refractivity contribution in [2.75, 3.05) is 19.6 Å². The van der Waals surface area contributed by atoms with Crippen LogP contribution < -0.4 is 0 Å². The van der Waals surface area contributed by atoms with E-state index in [1.165, 1.54) is 12.1 Å². The summed E-state index contributed by atoms with van der Waals surface area (Å²) in [5.74, 6) is -0.519. The molecule has 32 heavy (non-hydrogen) atoms. The number of hydrogen-bond acceptors (Lipinski definition) is 3. The first kappa shape index (κ1) is 22.7. The molecule has 3 atom stereocenters. The summed E-state index contributed by atoms with van der Waals surface area (Å²) in [6, 6.07) is 26.1. The minimum Gasteiger partial charge on any atom is -0.388 e. The van der Waals surface area contributed by atoms with Crippen molar-refractivity contribution in [2.45, 2.75) is 37.4 Å². The van der Waals surface area contributed by atoms with Gasteiger partial charge in [-0.3, -0.25) is 0 Å². The highest BCUT2D eigenvalue weighted by molar-refractivity contribution is 5.27. The van der Waals surface area contributed by atoms with Gasteiger partial charge in [0.25, 0.3) is 0 Å². The largest absolute Gasteiger partial charge is 0.388 e. The zero-order valence-electron chi connectivity index (χ0n) is 18.4. The quantitative estimate of drug-likeness (QED) is 0.486. The molecule has 1 saturated heterocycles. The average molecular weight is 434 g/mol. The first-order valence-corrected chi connectivity index (χ1v) is 11.5. The Hall–Kier alpha value is -2.53. The molecule has 1 unspecified atom stereocenters. The van der Waals surface area contributed by atoms with Gasteiger partial charge in [-0.25, -0.2) is 4.39 Å². The van der Waals surface area contributed by atoms with Gasteiger partial charge in [-0.05, 0) is 61.1 Å². The Morgan fingerprint density at radius 1 is 0.906 bits per heavy atom. The van der Waals surface area contributed by atoms with Gasteiger partial charge in [0.2, 0.25) is 0 Å². The van der Waals surface area contributed by atoms with Crippen LogP contribution in [0.25, 0.3) is 0 Å². The molecule has 0 bridgehead atoms. The number of benzene rings is 3. The highest BCUT2D eigenvalue weighted by Gasteiger charge is 2.46. The highest BCUT2D eigenvalue weighted by atomic mass is 19.1. The van der Waals surface area contributed by atoms with Crippen molar-refractivity contribution in [3.63, 3.8) is 0 Å². The zero-order chi connectivity index (χ0) is 22.4. The molecule has 4 heteroatoms. The van der Waals surface area contributed by atoms with Gasteiger partial charge in [-0.15, -0.1) is 0 Å². The average Bonchev–Trinajstić information content (AvgIpc) is 2.84. The molecule has 3 aromatic carbocycles. The van der Waals surface area contributed by atoms with Crippen molar-refractivity contribution in [1.29, 1.82) is 0 Å². The van der Waals surface area contributed by atoms with Crippen molar-refractivity contribution >= 4 is 0 Å². The molecule has 1 fully saturated rings. The normalized spacial score (nSPS) is 22.5. The zero-order valence-corrected chi connectivity index (χ0v) is 18.4. The van der Waals surface area contributed by atoms with Gasteiger partial charge in [0, 0.05) is 19.0 Å². The van der Waals surface area contributed by atoms with Crippen molar-refractivity contribution in [2.24, 2.45) is 5.92 Å². The number of halogens is 1. The Balaban J connectivity index is 1.43. The van der Waals surface area contributed by atoms with Gasteiger partial charge >= 0.3 is 0 Å². The number of nitrogens with zero attached hydrogens (tertiary/aromatic N) is 1. The second-order valence-corrected chi connectivity index (χ2v) is 8.89. The van der Waals surface area contributed by atoms with Crippen LogP contribution in [0.15, 0.2) is 84.9 Å². The van der Waals surface area contributed by atoms with E-state index in [2.05, 4.69) is 4.90 Å². The van der Waals surface area contributed by atoms with Gasteiger partial charge in [-0.2, -0.15) is 0 Å². The summed E-state index contributed by atoms with van der Waals surface area (Å²) >= 11 is 0. The molecule has 168 valence electrons. The van der Waals surface area contributed by atoms with Gasteiger partial charge in [0.15, 0.2) is 0 Å². The monoisotopic (exact) mass is 433 g/mol. The van der Waals surface area contributed by atoms with Crippen molar-refractivity contribution in [1.82, 2.24) is 4.90 Å². The number of piperidine rings is 1. The van der Waals surface area contributed by atoms with Crippen LogP contribution in [-0.2, 0) is 12.0 Å². The van der Waals surface area contributed by atoms with Crippen molar-refractivity contribution < 1.29 is 14.6 Å². The van der Waals surface area contributed by atoms with Crippen LogP contribution in [0.5, 0.6) is 0 Å². The van der Waals surface area contributed by atoms with Crippen LogP contribution in [0.1, 0.15) is 42.1 Å². The van der Waals surface area contributed by atoms with E-state index in [1.54, 1.807) is 0 Å². The molecule has 0 saturated carbocycles. The summed E-state index contributed by atoms with van der Waals surface area (Å²) in [7, 11) is 0. The summed E-state index contributed by atoms with van der Waals surface area (Å²) in [5.41, 5.74) is 1.79. The molecule has 0 amide bonds. The number of aliphatic hydroxyl groups excluding tert-OH is 1. The summed E-state index contributed by atoms with van der Waals surface area (Å²) in [6.07, 6.45) is 2.82. The standard InChI is InChI=1S/C28H32FNO2/c29-25-16-14-22(15-17-25)9-7-8-19-30-20-18-28(32,24-12-5-2-6-13-24)26(21-30)27(31)23-10-3-1-4-11-23/h1-6,10-17,26-27,31-32H,7-9,18-21H2/t26-,27?,28+/m1/s1. The van der Waals surface area contributed by atoms with Crippen LogP contribution in [0.4, 0.5) is 4.39 Å². The minimum absolute atomic E-state index is 0.198. The van der Waals surface area contributed by atoms with E-state index in [-0.39, 0.29) is 11.7 Å². The Morgan fingerprint density at radius 3 is 2.25 bits per heavy atom. The number of hydrogen-bond donors (Lipinski definition) is 2. The van der Waals surface area contributed by atoms with Gasteiger partial charge in [0.05, 0.1) is 11.7 Å². The van der Waals surface area contributed by atoms with Gasteiger partial charge < -0.3 is 15.1 Å². The van der Waals surface area contributed by atoms with E-state index in [9.17, 15) is 14.6 Å². The molecule has 0 spiro atoms. The maximum absolute atomic E-state index is 13.1. The number of likely N-dealkylation sites (tertiary alicyclic amines) is 1. The molecule has 2 N–H and O–H groups in total. The third-order valence-electron chi connectivity index (χ3n) is 6.78. The lowest BCUT2D eigenvalue weighted by molar-refractivity contribution is -0.122. The first-order valence-electron chi connectivity index (χ1n) is 11.5. The van der Waals surface area contributed by atoms with Crippen molar-refractivity contribution in [3.8, 4) is 0 Å². The Labute approximate surface area is 190 Å². The molecular formula is C28H32FNO2. The maximum Gasteiger partial charge on any atom is 0.123 e. The Morgan fingerprint density at radius 2 is 1.56 bits per heavy atom. The first-order chi connectivity index (χ1) is 15.6. The minimum atomic E-state index is -1.07. The summed E-state index contributed by atoms with van der Waals surface area (Å²) in [5, 5.41) is 23.1. The van der Waals surface area contributed by atoms with Crippen LogP contribution in [0, 0.1) is 11.7 Å². The van der Waals surface area contributed by atoms with E-state index in [0.717, 1.165) is 49.0 Å². The molecule has 0 radical (unpaired) electrons. The molecule has 1 aliphatic heterocycles. The fraction of sp³-hybridized carbons (Fsp3) is 0.357. The molecule has 1 heterocycles. The summed E-state index contributed by atoms with van der Waals surface area (Å²) < 4.78 is 13.1. The summed E-state index contributed by atoms with van der Waals surface area (Å²) in [6.45, 7) is 2.35. The number of aliphatic hydroxyl groups is 2. The molecular weight excluding hydrogens is 401 g/mol. The lowest BCUT2D eigenvalue weighted by Crippen LogP contribution is -2.52. The third-order valence-corrected chi connectivity index (χ3v) is 6.78. The SMILES string of the molecule is OC(c1ccccc1)[C@H]1CN(CCCCc2ccc(F)cc2)CC[C@]1(O)c1ccccc1. The van der Waals surface area contributed by atoms with Crippen molar-refractivity contribution in [3.05, 3.63) is 107 Å². The maximum atomic E-state index is 13.1. The van der Waals surface area contributed by atoms with E-state index >= 15 is 0 Å². The number of rotatable bonds is 8. The predicted molar refractivity (Wildman–Crippen MR) is 126 cm³/mol. The molecule has 0 aromatic heterocycles. The second kappa shape index (κ2) is 10.4. The Kier molecular flexibility index (Phi) is 7.36. The van der Waals surface area contributed by atoms with E-state index in [4.69, 9.17) is 0 Å². The molecule has 3 aromatic rings. The van der Waals surface area contributed by atoms with Crippen LogP contribution >= 0.6 is 0 Å². The van der Waals surface area contributed by atoms with Crippen LogP contribution in [0.3, 0.4) is 0 Å². The summed E-state index contributed by atoms with van der Waals surface area (Å²) in [4.78, 5) is 2.36. The fourth-order valence-electron chi connectivity index (χ4n) is 4.88. The van der Waals surface area contributed by atoms with Gasteiger partial charge in [0.1, 0.15) is 5.82 Å². The number of aryl methyl sites for hydroxylation is 1.